The van der Waals surface area contributed by atoms with Gasteiger partial charge in [0.2, 0.25) is 5.91 Å². The molecule has 0 radical (unpaired) electrons. The Balaban J connectivity index is 1.59. The minimum Gasteiger partial charge on any atom is -0.326 e. The maximum Gasteiger partial charge on any atom is 0.269 e. The Kier molecular flexibility index (Phi) is 5.60. The number of hydrogen-bond acceptors (Lipinski definition) is 4. The molecule has 0 aromatic heterocycles. The van der Waals surface area contributed by atoms with E-state index in [0.717, 1.165) is 23.6 Å². The largest absolute Gasteiger partial charge is 0.326 e. The van der Waals surface area contributed by atoms with Crippen LogP contribution >= 0.6 is 0 Å². The average Bonchev–Trinajstić information content (AvgIpc) is 2.86. The summed E-state index contributed by atoms with van der Waals surface area (Å²) in [6.45, 7) is 1.95. The predicted molar refractivity (Wildman–Crippen MR) is 103 cm³/mol. The molecule has 7 heteroatoms. The SMILES string of the molecule is CCCCc1ccc(NC(=O)CCN2C(=O)c3ccccc3S2(=O)=O)cc1. The molecule has 27 heavy (non-hydrogen) atoms. The number of fused-ring (bicyclic) bond motifs is 1. The number of hydrogen-bond donors (Lipinski definition) is 1. The lowest BCUT2D eigenvalue weighted by atomic mass is 10.1. The highest BCUT2D eigenvalue weighted by atomic mass is 32.2. The van der Waals surface area contributed by atoms with Crippen molar-refractivity contribution >= 4 is 27.5 Å². The normalized spacial score (nSPS) is 14.9. The van der Waals surface area contributed by atoms with Crippen LogP contribution in [0.1, 0.15) is 42.1 Å². The van der Waals surface area contributed by atoms with E-state index in [1.807, 2.05) is 24.3 Å². The van der Waals surface area contributed by atoms with Crippen LogP contribution in [0.5, 0.6) is 0 Å². The summed E-state index contributed by atoms with van der Waals surface area (Å²) in [6.07, 6.45) is 3.14. The van der Waals surface area contributed by atoms with Gasteiger partial charge in [-0.3, -0.25) is 9.59 Å². The first-order valence-corrected chi connectivity index (χ1v) is 10.4. The van der Waals surface area contributed by atoms with E-state index in [9.17, 15) is 18.0 Å². The van der Waals surface area contributed by atoms with Crippen molar-refractivity contribution in [1.82, 2.24) is 4.31 Å². The molecule has 0 atom stereocenters. The van der Waals surface area contributed by atoms with Gasteiger partial charge in [-0.25, -0.2) is 12.7 Å². The number of nitrogens with one attached hydrogen (secondary N) is 1. The number of carbonyl (C=O) groups is 2. The summed E-state index contributed by atoms with van der Waals surface area (Å²) in [4.78, 5) is 24.5. The van der Waals surface area contributed by atoms with Crippen LogP contribution in [-0.2, 0) is 21.2 Å². The minimum atomic E-state index is -3.87. The Morgan fingerprint density at radius 3 is 2.44 bits per heavy atom. The molecule has 2 amide bonds. The maximum absolute atomic E-state index is 12.5. The van der Waals surface area contributed by atoms with Gasteiger partial charge in [0.15, 0.2) is 0 Å². The molecule has 0 aliphatic carbocycles. The highest BCUT2D eigenvalue weighted by Gasteiger charge is 2.40. The Labute approximate surface area is 159 Å². The Hall–Kier alpha value is -2.67. The molecule has 3 rings (SSSR count). The fourth-order valence-electron chi connectivity index (χ4n) is 3.01. The van der Waals surface area contributed by atoms with Gasteiger partial charge in [-0.2, -0.15) is 0 Å². The van der Waals surface area contributed by atoms with E-state index in [4.69, 9.17) is 0 Å². The number of aryl methyl sites for hydroxylation is 1. The van der Waals surface area contributed by atoms with Crippen LogP contribution in [0.3, 0.4) is 0 Å². The van der Waals surface area contributed by atoms with Gasteiger partial charge in [0.05, 0.1) is 5.56 Å². The van der Waals surface area contributed by atoms with Gasteiger partial charge < -0.3 is 5.32 Å². The van der Waals surface area contributed by atoms with Crippen molar-refractivity contribution in [2.45, 2.75) is 37.5 Å². The third-order valence-corrected chi connectivity index (χ3v) is 6.35. The lowest BCUT2D eigenvalue weighted by molar-refractivity contribution is -0.116. The molecule has 0 bridgehead atoms. The molecule has 0 fully saturated rings. The molecule has 0 saturated carbocycles. The Morgan fingerprint density at radius 2 is 1.78 bits per heavy atom. The number of unbranched alkanes of at least 4 members (excludes halogenated alkanes) is 1. The zero-order valence-electron chi connectivity index (χ0n) is 15.1. The molecule has 6 nitrogen and oxygen atoms in total. The summed E-state index contributed by atoms with van der Waals surface area (Å²) < 4.78 is 25.7. The van der Waals surface area contributed by atoms with Gasteiger partial charge in [-0.1, -0.05) is 37.6 Å². The first kappa shape index (κ1) is 19.1. The number of carbonyl (C=O) groups excluding carboxylic acids is 2. The van der Waals surface area contributed by atoms with Crippen LogP contribution in [0.15, 0.2) is 53.4 Å². The van der Waals surface area contributed by atoms with E-state index in [0.29, 0.717) is 5.69 Å². The molecule has 142 valence electrons. The van der Waals surface area contributed by atoms with Crippen LogP contribution in [-0.4, -0.2) is 31.1 Å². The molecule has 0 saturated heterocycles. The summed E-state index contributed by atoms with van der Waals surface area (Å²) in [5.41, 5.74) is 2.01. The summed E-state index contributed by atoms with van der Waals surface area (Å²) in [7, 11) is -3.87. The smallest absolute Gasteiger partial charge is 0.269 e. The van der Waals surface area contributed by atoms with Gasteiger partial charge in [-0.05, 0) is 42.7 Å². The van der Waals surface area contributed by atoms with Crippen LogP contribution in [0, 0.1) is 0 Å². The van der Waals surface area contributed by atoms with E-state index in [1.54, 1.807) is 12.1 Å². The molecule has 1 aliphatic heterocycles. The number of rotatable bonds is 7. The number of benzene rings is 2. The summed E-state index contributed by atoms with van der Waals surface area (Å²) >= 11 is 0. The predicted octanol–water partition coefficient (Wildman–Crippen LogP) is 3.20. The lowest BCUT2D eigenvalue weighted by Gasteiger charge is -2.14. The van der Waals surface area contributed by atoms with Crippen molar-refractivity contribution in [3.8, 4) is 0 Å². The third-order valence-electron chi connectivity index (χ3n) is 4.51. The van der Waals surface area contributed by atoms with Crippen LogP contribution in [0.4, 0.5) is 5.69 Å². The molecular weight excluding hydrogens is 364 g/mol. The highest BCUT2D eigenvalue weighted by molar-refractivity contribution is 7.90. The fraction of sp³-hybridized carbons (Fsp3) is 0.300. The van der Waals surface area contributed by atoms with Crippen molar-refractivity contribution in [3.63, 3.8) is 0 Å². The number of anilines is 1. The quantitative estimate of drug-likeness (QED) is 0.792. The molecule has 2 aromatic rings. The van der Waals surface area contributed by atoms with Crippen molar-refractivity contribution in [2.24, 2.45) is 0 Å². The van der Waals surface area contributed by atoms with Gasteiger partial charge in [0.1, 0.15) is 4.90 Å². The Morgan fingerprint density at radius 1 is 1.07 bits per heavy atom. The van der Waals surface area contributed by atoms with Crippen LogP contribution in [0.2, 0.25) is 0 Å². The zero-order chi connectivity index (χ0) is 19.4. The second-order valence-corrected chi connectivity index (χ2v) is 8.31. The topological polar surface area (TPSA) is 83.6 Å². The second kappa shape index (κ2) is 7.92. The molecule has 1 heterocycles. The first-order chi connectivity index (χ1) is 12.9. The van der Waals surface area contributed by atoms with Crippen LogP contribution < -0.4 is 5.32 Å². The van der Waals surface area contributed by atoms with Crippen molar-refractivity contribution in [2.75, 3.05) is 11.9 Å². The van der Waals surface area contributed by atoms with Crippen LogP contribution in [0.25, 0.3) is 0 Å². The van der Waals surface area contributed by atoms with Crippen molar-refractivity contribution < 1.29 is 18.0 Å². The molecule has 1 aliphatic rings. The number of amides is 2. The summed E-state index contributed by atoms with van der Waals surface area (Å²) in [5, 5.41) is 2.74. The van der Waals surface area contributed by atoms with E-state index < -0.39 is 15.9 Å². The second-order valence-electron chi connectivity index (χ2n) is 6.48. The van der Waals surface area contributed by atoms with E-state index in [1.165, 1.54) is 17.7 Å². The average molecular weight is 386 g/mol. The number of sulfonamides is 1. The number of nitrogens with zero attached hydrogens (tertiary/aromatic N) is 1. The molecule has 0 spiro atoms. The van der Waals surface area contributed by atoms with E-state index in [-0.39, 0.29) is 29.3 Å². The molecular formula is C20H22N2O4S. The first-order valence-electron chi connectivity index (χ1n) is 8.98. The standard InChI is InChI=1S/C20H22N2O4S/c1-2-3-6-15-9-11-16(12-10-15)21-19(23)13-14-22-20(24)17-7-4-5-8-18(17)27(22,25)26/h4-5,7-12H,2-3,6,13-14H2,1H3,(H,21,23). The van der Waals surface area contributed by atoms with Gasteiger partial charge in [0, 0.05) is 18.7 Å². The summed E-state index contributed by atoms with van der Waals surface area (Å²) in [5.74, 6) is -0.922. The van der Waals surface area contributed by atoms with E-state index in [2.05, 4.69) is 12.2 Å². The third kappa shape index (κ3) is 4.03. The molecule has 0 unspecified atom stereocenters. The summed E-state index contributed by atoms with van der Waals surface area (Å²) in [6, 6.07) is 13.7. The van der Waals surface area contributed by atoms with Gasteiger partial charge in [-0.15, -0.1) is 0 Å². The molecule has 1 N–H and O–H groups in total. The lowest BCUT2D eigenvalue weighted by Crippen LogP contribution is -2.33. The van der Waals surface area contributed by atoms with E-state index >= 15 is 0 Å². The van der Waals surface area contributed by atoms with Gasteiger partial charge in [0.25, 0.3) is 15.9 Å². The van der Waals surface area contributed by atoms with Gasteiger partial charge >= 0.3 is 0 Å². The van der Waals surface area contributed by atoms with Crippen molar-refractivity contribution in [3.05, 3.63) is 59.7 Å². The highest BCUT2D eigenvalue weighted by Crippen LogP contribution is 2.29. The van der Waals surface area contributed by atoms with Crippen molar-refractivity contribution in [1.29, 1.82) is 0 Å². The maximum atomic E-state index is 12.5. The fourth-order valence-corrected chi connectivity index (χ4v) is 4.58. The zero-order valence-corrected chi connectivity index (χ0v) is 16.0. The Bertz CT molecular complexity index is 952. The molecule has 2 aromatic carbocycles. The minimum absolute atomic E-state index is 0.00178. The monoisotopic (exact) mass is 386 g/mol.